The summed E-state index contributed by atoms with van der Waals surface area (Å²) in [6, 6.07) is 8.75. The van der Waals surface area contributed by atoms with Gasteiger partial charge in [-0.15, -0.1) is 10.2 Å². The molecule has 0 bridgehead atoms. The van der Waals surface area contributed by atoms with E-state index in [0.717, 1.165) is 23.6 Å². The second kappa shape index (κ2) is 7.78. The molecule has 2 N–H and O–H groups in total. The standard InChI is InChI=1S/C16H18N6OS/c1-24-10-7-13(15-21-20-14-6-2-3-9-22(14)15)19-16(23)18-12-5-4-8-17-11-12/h2-6,8-9,11,13H,7,10H2,1H3,(H2,18,19,23). The fourth-order valence-electron chi connectivity index (χ4n) is 2.36. The Balaban J connectivity index is 1.77. The molecular weight excluding hydrogens is 324 g/mol. The average molecular weight is 342 g/mol. The number of thioether (sulfide) groups is 1. The van der Waals surface area contributed by atoms with Crippen LogP contribution in [0.3, 0.4) is 0 Å². The summed E-state index contributed by atoms with van der Waals surface area (Å²) < 4.78 is 1.90. The number of carbonyl (C=O) groups excluding carboxylic acids is 1. The fourth-order valence-corrected chi connectivity index (χ4v) is 2.83. The average Bonchev–Trinajstić information content (AvgIpc) is 3.03. The van der Waals surface area contributed by atoms with Gasteiger partial charge in [-0.2, -0.15) is 11.8 Å². The lowest BCUT2D eigenvalue weighted by Crippen LogP contribution is -2.34. The summed E-state index contributed by atoms with van der Waals surface area (Å²) in [6.07, 6.45) is 7.96. The second-order valence-electron chi connectivity index (χ2n) is 5.16. The predicted octanol–water partition coefficient (Wildman–Crippen LogP) is 2.74. The number of anilines is 1. The normalized spacial score (nSPS) is 12.0. The van der Waals surface area contributed by atoms with Crippen molar-refractivity contribution in [3.05, 3.63) is 54.7 Å². The molecule has 3 heterocycles. The van der Waals surface area contributed by atoms with Crippen LogP contribution < -0.4 is 10.6 Å². The van der Waals surface area contributed by atoms with Crippen LogP contribution in [0.15, 0.2) is 48.9 Å². The molecule has 0 spiro atoms. The largest absolute Gasteiger partial charge is 0.328 e. The minimum absolute atomic E-state index is 0.230. The number of hydrogen-bond donors (Lipinski definition) is 2. The molecule has 0 aliphatic rings. The van der Waals surface area contributed by atoms with Gasteiger partial charge in [-0.1, -0.05) is 6.07 Å². The molecule has 0 aliphatic carbocycles. The lowest BCUT2D eigenvalue weighted by molar-refractivity contribution is 0.247. The van der Waals surface area contributed by atoms with Crippen molar-refractivity contribution >= 4 is 29.1 Å². The second-order valence-corrected chi connectivity index (χ2v) is 6.15. The van der Waals surface area contributed by atoms with Crippen LogP contribution in [0.1, 0.15) is 18.3 Å². The fraction of sp³-hybridized carbons (Fsp3) is 0.250. The van der Waals surface area contributed by atoms with Crippen molar-refractivity contribution in [3.63, 3.8) is 0 Å². The number of aromatic nitrogens is 4. The summed E-state index contributed by atoms with van der Waals surface area (Å²) in [4.78, 5) is 16.3. The van der Waals surface area contributed by atoms with Gasteiger partial charge >= 0.3 is 6.03 Å². The molecule has 8 heteroatoms. The topological polar surface area (TPSA) is 84.2 Å². The van der Waals surface area contributed by atoms with E-state index in [9.17, 15) is 4.79 Å². The molecule has 0 saturated heterocycles. The lowest BCUT2D eigenvalue weighted by Gasteiger charge is -2.17. The Morgan fingerprint density at radius 1 is 1.29 bits per heavy atom. The Hall–Kier alpha value is -2.61. The van der Waals surface area contributed by atoms with Crippen LogP contribution in [0.25, 0.3) is 5.65 Å². The van der Waals surface area contributed by atoms with E-state index < -0.39 is 0 Å². The van der Waals surface area contributed by atoms with Gasteiger partial charge in [0.2, 0.25) is 0 Å². The summed E-state index contributed by atoms with van der Waals surface area (Å²) in [7, 11) is 0. The van der Waals surface area contributed by atoms with Crippen molar-refractivity contribution < 1.29 is 4.79 Å². The van der Waals surface area contributed by atoms with Crippen molar-refractivity contribution in [2.75, 3.05) is 17.3 Å². The third-order valence-corrected chi connectivity index (χ3v) is 4.13. The highest BCUT2D eigenvalue weighted by molar-refractivity contribution is 7.98. The van der Waals surface area contributed by atoms with Crippen LogP contribution >= 0.6 is 11.8 Å². The van der Waals surface area contributed by atoms with Crippen LogP contribution in [0.5, 0.6) is 0 Å². The Morgan fingerprint density at radius 3 is 3.00 bits per heavy atom. The first kappa shape index (κ1) is 16.3. The number of hydrogen-bond acceptors (Lipinski definition) is 5. The first-order valence-corrected chi connectivity index (χ1v) is 8.93. The molecular formula is C16H18N6OS. The van der Waals surface area contributed by atoms with Crippen LogP contribution in [0.4, 0.5) is 10.5 Å². The van der Waals surface area contributed by atoms with Crippen molar-refractivity contribution in [3.8, 4) is 0 Å². The number of rotatable bonds is 6. The third kappa shape index (κ3) is 3.83. The molecule has 3 aromatic heterocycles. The van der Waals surface area contributed by atoms with Crippen LogP contribution in [0.2, 0.25) is 0 Å². The minimum atomic E-state index is -0.290. The summed E-state index contributed by atoms with van der Waals surface area (Å²) in [5.41, 5.74) is 1.40. The zero-order valence-electron chi connectivity index (χ0n) is 13.2. The van der Waals surface area contributed by atoms with Crippen molar-refractivity contribution in [2.24, 2.45) is 0 Å². The molecule has 124 valence electrons. The van der Waals surface area contributed by atoms with E-state index in [2.05, 4.69) is 25.8 Å². The molecule has 24 heavy (non-hydrogen) atoms. The van der Waals surface area contributed by atoms with Crippen LogP contribution in [-0.4, -0.2) is 37.6 Å². The number of nitrogens with zero attached hydrogens (tertiary/aromatic N) is 4. The van der Waals surface area contributed by atoms with Gasteiger partial charge in [0.15, 0.2) is 11.5 Å². The van der Waals surface area contributed by atoms with Crippen molar-refractivity contribution in [1.29, 1.82) is 0 Å². The lowest BCUT2D eigenvalue weighted by atomic mass is 10.2. The number of carbonyl (C=O) groups is 1. The highest BCUT2D eigenvalue weighted by Gasteiger charge is 2.20. The Bertz CT molecular complexity index is 806. The first-order valence-electron chi connectivity index (χ1n) is 7.54. The highest BCUT2D eigenvalue weighted by atomic mass is 32.2. The Kier molecular flexibility index (Phi) is 5.27. The maximum absolute atomic E-state index is 12.3. The van der Waals surface area contributed by atoms with Gasteiger partial charge in [0.1, 0.15) is 0 Å². The Labute approximate surface area is 143 Å². The van der Waals surface area contributed by atoms with Crippen molar-refractivity contribution in [2.45, 2.75) is 12.5 Å². The van der Waals surface area contributed by atoms with Gasteiger partial charge in [0, 0.05) is 12.4 Å². The van der Waals surface area contributed by atoms with Gasteiger partial charge in [-0.25, -0.2) is 4.79 Å². The molecule has 3 rings (SSSR count). The smallest absolute Gasteiger partial charge is 0.319 e. The predicted molar refractivity (Wildman–Crippen MR) is 95.1 cm³/mol. The van der Waals surface area contributed by atoms with E-state index in [0.29, 0.717) is 5.69 Å². The maximum atomic E-state index is 12.3. The maximum Gasteiger partial charge on any atom is 0.319 e. The first-order chi connectivity index (χ1) is 11.8. The van der Waals surface area contributed by atoms with E-state index in [1.165, 1.54) is 0 Å². The number of urea groups is 1. The summed E-state index contributed by atoms with van der Waals surface area (Å²) in [6.45, 7) is 0. The molecule has 3 aromatic rings. The molecule has 0 radical (unpaired) electrons. The van der Waals surface area contributed by atoms with E-state index in [4.69, 9.17) is 0 Å². The number of pyridine rings is 2. The molecule has 1 unspecified atom stereocenters. The zero-order chi connectivity index (χ0) is 16.8. The van der Waals surface area contributed by atoms with E-state index in [1.54, 1.807) is 36.3 Å². The highest BCUT2D eigenvalue weighted by Crippen LogP contribution is 2.18. The SMILES string of the molecule is CSCCC(NC(=O)Nc1cccnc1)c1nnc2ccccn12. The van der Waals surface area contributed by atoms with Crippen LogP contribution in [-0.2, 0) is 0 Å². The van der Waals surface area contributed by atoms with Gasteiger partial charge in [-0.3, -0.25) is 9.38 Å². The molecule has 0 aromatic carbocycles. The van der Waals surface area contributed by atoms with Crippen molar-refractivity contribution in [1.82, 2.24) is 24.9 Å². The Morgan fingerprint density at radius 2 is 2.21 bits per heavy atom. The van der Waals surface area contributed by atoms with E-state index >= 15 is 0 Å². The van der Waals surface area contributed by atoms with Crippen LogP contribution in [0, 0.1) is 0 Å². The molecule has 0 saturated carbocycles. The number of nitrogens with one attached hydrogen (secondary N) is 2. The van der Waals surface area contributed by atoms with Gasteiger partial charge < -0.3 is 10.6 Å². The summed E-state index contributed by atoms with van der Waals surface area (Å²) in [5.74, 6) is 1.63. The zero-order valence-corrected chi connectivity index (χ0v) is 14.0. The molecule has 0 fully saturated rings. The monoisotopic (exact) mass is 342 g/mol. The van der Waals surface area contributed by atoms with E-state index in [-0.39, 0.29) is 12.1 Å². The molecule has 1 atom stereocenters. The number of amides is 2. The molecule has 7 nitrogen and oxygen atoms in total. The quantitative estimate of drug-likeness (QED) is 0.719. The summed E-state index contributed by atoms with van der Waals surface area (Å²) in [5, 5.41) is 14.2. The van der Waals surface area contributed by atoms with Gasteiger partial charge in [0.25, 0.3) is 0 Å². The third-order valence-electron chi connectivity index (χ3n) is 3.49. The molecule has 0 aliphatic heterocycles. The summed E-state index contributed by atoms with van der Waals surface area (Å²) >= 11 is 1.72. The molecule has 2 amide bonds. The van der Waals surface area contributed by atoms with Gasteiger partial charge in [-0.05, 0) is 42.7 Å². The minimum Gasteiger partial charge on any atom is -0.328 e. The number of fused-ring (bicyclic) bond motifs is 1. The van der Waals surface area contributed by atoms with Gasteiger partial charge in [0.05, 0.1) is 17.9 Å². The van der Waals surface area contributed by atoms with E-state index in [1.807, 2.05) is 35.1 Å².